The molecule has 2 heterocycles. The topological polar surface area (TPSA) is 72.7 Å². The van der Waals surface area contributed by atoms with Crippen LogP contribution in [0.25, 0.3) is 17.1 Å². The molecular formula is C26H18Cl3N5OS2. The van der Waals surface area contributed by atoms with Crippen LogP contribution in [-0.2, 0) is 11.2 Å². The number of hydrogen-bond acceptors (Lipinski definition) is 6. The molecule has 0 aliphatic rings. The van der Waals surface area contributed by atoms with Crippen LogP contribution in [0.5, 0.6) is 0 Å². The molecule has 5 aromatic rings. The van der Waals surface area contributed by atoms with Gasteiger partial charge in [-0.2, -0.15) is 0 Å². The number of anilines is 1. The lowest BCUT2D eigenvalue weighted by atomic mass is 10.1. The van der Waals surface area contributed by atoms with Crippen LogP contribution in [0, 0.1) is 0 Å². The molecule has 186 valence electrons. The fraction of sp³-hybridized carbons (Fsp3) is 0.0769. The summed E-state index contributed by atoms with van der Waals surface area (Å²) >= 11 is 21.7. The standard InChI is InChI=1S/C26H18Cl3N5OS2/c27-20-10-5-4-9-18(20)24-32-33-26(34(24)16-7-2-1-3-8-16)36-15-23(35)31-25-30-14-17(37-25)13-19-21(28)11-6-12-22(19)29/h1-12,14H,13,15H2,(H,30,31,35). The Morgan fingerprint density at radius 1 is 0.892 bits per heavy atom. The van der Waals surface area contributed by atoms with Crippen molar-refractivity contribution in [2.75, 3.05) is 11.1 Å². The first-order valence-electron chi connectivity index (χ1n) is 11.1. The molecule has 0 fully saturated rings. The molecule has 1 amide bonds. The summed E-state index contributed by atoms with van der Waals surface area (Å²) in [6.45, 7) is 0. The van der Waals surface area contributed by atoms with E-state index in [1.165, 1.54) is 23.1 Å². The lowest BCUT2D eigenvalue weighted by Crippen LogP contribution is -2.14. The highest BCUT2D eigenvalue weighted by Gasteiger charge is 2.19. The van der Waals surface area contributed by atoms with E-state index < -0.39 is 0 Å². The number of thioether (sulfide) groups is 1. The molecule has 5 rings (SSSR count). The van der Waals surface area contributed by atoms with Crippen LogP contribution < -0.4 is 5.32 Å². The molecule has 0 aliphatic heterocycles. The zero-order valence-corrected chi connectivity index (χ0v) is 23.0. The van der Waals surface area contributed by atoms with Gasteiger partial charge >= 0.3 is 0 Å². The fourth-order valence-electron chi connectivity index (χ4n) is 3.60. The average Bonchev–Trinajstić information content (AvgIpc) is 3.52. The molecule has 0 saturated heterocycles. The number of nitrogens with zero attached hydrogens (tertiary/aromatic N) is 4. The zero-order chi connectivity index (χ0) is 25.8. The van der Waals surface area contributed by atoms with Crippen LogP contribution in [0.2, 0.25) is 15.1 Å². The SMILES string of the molecule is O=C(CSc1nnc(-c2ccccc2Cl)n1-c1ccccc1)Nc1ncc(Cc2c(Cl)cccc2Cl)s1. The molecule has 6 nitrogen and oxygen atoms in total. The van der Waals surface area contributed by atoms with Crippen LogP contribution in [0.1, 0.15) is 10.4 Å². The summed E-state index contributed by atoms with van der Waals surface area (Å²) in [6, 6.07) is 22.6. The van der Waals surface area contributed by atoms with Gasteiger partial charge in [-0.25, -0.2) is 4.98 Å². The van der Waals surface area contributed by atoms with Gasteiger partial charge in [0, 0.05) is 38.8 Å². The predicted octanol–water partition coefficient (Wildman–Crippen LogP) is 7.67. The van der Waals surface area contributed by atoms with Gasteiger partial charge in [-0.15, -0.1) is 21.5 Å². The van der Waals surface area contributed by atoms with Gasteiger partial charge in [0.2, 0.25) is 5.91 Å². The summed E-state index contributed by atoms with van der Waals surface area (Å²) in [5.74, 6) is 0.518. The number of nitrogens with one attached hydrogen (secondary N) is 1. The van der Waals surface area contributed by atoms with E-state index in [4.69, 9.17) is 34.8 Å². The Hall–Kier alpha value is -2.88. The van der Waals surface area contributed by atoms with Gasteiger partial charge in [0.1, 0.15) is 0 Å². The highest BCUT2D eigenvalue weighted by Crippen LogP contribution is 2.32. The lowest BCUT2D eigenvalue weighted by molar-refractivity contribution is -0.113. The van der Waals surface area contributed by atoms with Crippen molar-refractivity contribution in [2.45, 2.75) is 11.6 Å². The van der Waals surface area contributed by atoms with E-state index in [2.05, 4.69) is 20.5 Å². The zero-order valence-electron chi connectivity index (χ0n) is 19.1. The molecule has 0 unspecified atom stereocenters. The first-order valence-corrected chi connectivity index (χ1v) is 14.0. The number of amides is 1. The minimum atomic E-state index is -0.205. The summed E-state index contributed by atoms with van der Waals surface area (Å²) in [5, 5.41) is 14.4. The minimum Gasteiger partial charge on any atom is -0.301 e. The van der Waals surface area contributed by atoms with Gasteiger partial charge in [-0.05, 0) is 42.0 Å². The summed E-state index contributed by atoms with van der Waals surface area (Å²) in [5.41, 5.74) is 2.45. The molecule has 0 spiro atoms. The molecule has 3 aromatic carbocycles. The second kappa shape index (κ2) is 11.7. The quantitative estimate of drug-likeness (QED) is 0.189. The van der Waals surface area contributed by atoms with Crippen LogP contribution >= 0.6 is 57.9 Å². The molecule has 0 saturated carbocycles. The van der Waals surface area contributed by atoms with Gasteiger partial charge < -0.3 is 5.32 Å². The maximum atomic E-state index is 12.8. The largest absolute Gasteiger partial charge is 0.301 e. The van der Waals surface area contributed by atoms with Gasteiger partial charge in [0.25, 0.3) is 0 Å². The number of aromatic nitrogens is 4. The van der Waals surface area contributed by atoms with E-state index in [1.807, 2.05) is 59.2 Å². The van der Waals surface area contributed by atoms with Crippen molar-refractivity contribution in [3.05, 3.63) is 105 Å². The van der Waals surface area contributed by atoms with E-state index in [0.29, 0.717) is 37.6 Å². The van der Waals surface area contributed by atoms with Crippen molar-refractivity contribution in [2.24, 2.45) is 0 Å². The molecule has 11 heteroatoms. The Labute approximate surface area is 236 Å². The van der Waals surface area contributed by atoms with Gasteiger partial charge in [-0.3, -0.25) is 9.36 Å². The van der Waals surface area contributed by atoms with Crippen LogP contribution in [-0.4, -0.2) is 31.4 Å². The summed E-state index contributed by atoms with van der Waals surface area (Å²) in [6.07, 6.45) is 2.25. The van der Waals surface area contributed by atoms with E-state index in [1.54, 1.807) is 24.4 Å². The summed E-state index contributed by atoms with van der Waals surface area (Å²) < 4.78 is 1.90. The van der Waals surface area contributed by atoms with Crippen LogP contribution in [0.15, 0.2) is 84.1 Å². The van der Waals surface area contributed by atoms with Crippen molar-refractivity contribution in [3.8, 4) is 17.1 Å². The van der Waals surface area contributed by atoms with Gasteiger partial charge in [0.15, 0.2) is 16.1 Å². The number of halogens is 3. The first-order chi connectivity index (χ1) is 18.0. The lowest BCUT2D eigenvalue weighted by Gasteiger charge is -2.11. The van der Waals surface area contributed by atoms with E-state index in [9.17, 15) is 4.79 Å². The fourth-order valence-corrected chi connectivity index (χ4v) is 5.94. The molecule has 0 aliphatic carbocycles. The number of para-hydroxylation sites is 1. The number of carbonyl (C=O) groups is 1. The van der Waals surface area contributed by atoms with Gasteiger partial charge in [-0.1, -0.05) is 83.0 Å². The number of benzene rings is 3. The summed E-state index contributed by atoms with van der Waals surface area (Å²) in [7, 11) is 0. The summed E-state index contributed by atoms with van der Waals surface area (Å²) in [4.78, 5) is 18.0. The third-order valence-electron chi connectivity index (χ3n) is 5.31. The number of thiazole rings is 1. The number of rotatable bonds is 8. The van der Waals surface area contributed by atoms with Crippen LogP contribution in [0.3, 0.4) is 0 Å². The minimum absolute atomic E-state index is 0.124. The van der Waals surface area contributed by atoms with E-state index in [-0.39, 0.29) is 11.7 Å². The van der Waals surface area contributed by atoms with Crippen molar-refractivity contribution >= 4 is 68.9 Å². The number of hydrogen-bond donors (Lipinski definition) is 1. The Kier molecular flexibility index (Phi) is 8.12. The molecule has 0 radical (unpaired) electrons. The second-order valence-corrected chi connectivity index (χ2v) is 11.1. The Bertz CT molecular complexity index is 1530. The Morgan fingerprint density at radius 2 is 1.59 bits per heavy atom. The predicted molar refractivity (Wildman–Crippen MR) is 153 cm³/mol. The Morgan fingerprint density at radius 3 is 2.35 bits per heavy atom. The molecular weight excluding hydrogens is 569 g/mol. The molecule has 0 bridgehead atoms. The molecule has 2 aromatic heterocycles. The highest BCUT2D eigenvalue weighted by molar-refractivity contribution is 7.99. The van der Waals surface area contributed by atoms with Crippen molar-refractivity contribution in [1.29, 1.82) is 0 Å². The monoisotopic (exact) mass is 585 g/mol. The molecule has 1 N–H and O–H groups in total. The maximum Gasteiger partial charge on any atom is 0.236 e. The normalized spacial score (nSPS) is 11.0. The average molecular weight is 587 g/mol. The second-order valence-electron chi connectivity index (χ2n) is 7.80. The van der Waals surface area contributed by atoms with Crippen molar-refractivity contribution in [3.63, 3.8) is 0 Å². The van der Waals surface area contributed by atoms with Crippen LogP contribution in [0.4, 0.5) is 5.13 Å². The third-order valence-corrected chi connectivity index (χ3v) is 8.19. The van der Waals surface area contributed by atoms with Crippen molar-refractivity contribution in [1.82, 2.24) is 19.7 Å². The van der Waals surface area contributed by atoms with Crippen molar-refractivity contribution < 1.29 is 4.79 Å². The maximum absolute atomic E-state index is 12.8. The first kappa shape index (κ1) is 25.8. The molecule has 0 atom stereocenters. The smallest absolute Gasteiger partial charge is 0.236 e. The van der Waals surface area contributed by atoms with E-state index >= 15 is 0 Å². The highest BCUT2D eigenvalue weighted by atomic mass is 35.5. The molecule has 37 heavy (non-hydrogen) atoms. The Balaban J connectivity index is 1.30. The van der Waals surface area contributed by atoms with Gasteiger partial charge in [0.05, 0.1) is 10.8 Å². The third kappa shape index (κ3) is 6.00. The number of carbonyl (C=O) groups excluding carboxylic acids is 1. The van der Waals surface area contributed by atoms with E-state index in [0.717, 1.165) is 21.7 Å².